The molecule has 1 nitrogen and oxygen atoms in total. The molecule has 0 aliphatic rings. The number of furan rings is 1. The highest BCUT2D eigenvalue weighted by Gasteiger charge is 1.58. The molecule has 0 unspecified atom stereocenters. The van der Waals surface area contributed by atoms with E-state index in [0.29, 0.717) is 0 Å². The summed E-state index contributed by atoms with van der Waals surface area (Å²) < 4.78 is 4.58. The topological polar surface area (TPSA) is 13.1 Å². The van der Waals surface area contributed by atoms with Crippen molar-refractivity contribution in [1.82, 2.24) is 0 Å². The molecule has 1 heteroatoms. The number of hydrogen-bond acceptors (Lipinski definition) is 1. The molecule has 0 aliphatic heterocycles. The van der Waals surface area contributed by atoms with E-state index in [2.05, 4.69) is 18.3 Å². The van der Waals surface area contributed by atoms with Gasteiger partial charge in [0.25, 0.3) is 0 Å². The van der Waals surface area contributed by atoms with Crippen LogP contribution >= 0.6 is 0 Å². The molecule has 0 fully saturated rings. The van der Waals surface area contributed by atoms with Gasteiger partial charge in [0.05, 0.1) is 12.5 Å². The Morgan fingerprint density at radius 2 is 1.30 bits per heavy atom. The minimum Gasteiger partial charge on any atom is -0.473 e. The van der Waals surface area contributed by atoms with Crippen molar-refractivity contribution in [2.24, 2.45) is 0 Å². The summed E-state index contributed by atoms with van der Waals surface area (Å²) in [5.41, 5.74) is 0. The molecule has 0 bridgehead atoms. The second-order valence-electron chi connectivity index (χ2n) is 1.50. The third-order valence-corrected chi connectivity index (χ3v) is 0.425. The van der Waals surface area contributed by atoms with Crippen molar-refractivity contribution in [2.75, 3.05) is 0 Å². The Bertz CT molecular complexity index is 71.6. The van der Waals surface area contributed by atoms with Crippen LogP contribution in [0.5, 0.6) is 0 Å². The summed E-state index contributed by atoms with van der Waals surface area (Å²) in [6.07, 6.45) is 4.50. The van der Waals surface area contributed by atoms with Crippen molar-refractivity contribution < 1.29 is 4.42 Å². The highest BCUT2D eigenvalue weighted by molar-refractivity contribution is 4.79. The van der Waals surface area contributed by atoms with E-state index in [4.69, 9.17) is 0 Å². The highest BCUT2D eigenvalue weighted by Crippen LogP contribution is 1.79. The molecule has 10 heavy (non-hydrogen) atoms. The van der Waals surface area contributed by atoms with Gasteiger partial charge in [-0.25, -0.2) is 0 Å². The first-order valence-corrected chi connectivity index (χ1v) is 3.89. The van der Waals surface area contributed by atoms with Crippen molar-refractivity contribution in [3.8, 4) is 0 Å². The molecule has 1 heterocycles. The number of hydrogen-bond donors (Lipinski definition) is 0. The van der Waals surface area contributed by atoms with Crippen molar-refractivity contribution in [3.63, 3.8) is 0 Å². The second kappa shape index (κ2) is 15.7. The van der Waals surface area contributed by atoms with Gasteiger partial charge >= 0.3 is 0 Å². The van der Waals surface area contributed by atoms with E-state index in [1.165, 1.54) is 6.42 Å². The molecule has 0 atom stereocenters. The standard InChI is InChI=1S/C4H4O.C3H8.C2H6/c1-2-4-5-3-1;1-3-2;1-2/h1-4H;3H2,1-2H3;1-2H3. The van der Waals surface area contributed by atoms with Gasteiger partial charge in [-0.3, -0.25) is 0 Å². The molecule has 0 saturated carbocycles. The molecule has 0 N–H and O–H groups in total. The van der Waals surface area contributed by atoms with Gasteiger partial charge in [0, 0.05) is 0 Å². The van der Waals surface area contributed by atoms with Gasteiger partial charge < -0.3 is 4.42 Å². The van der Waals surface area contributed by atoms with Crippen LogP contribution in [-0.4, -0.2) is 0 Å². The Morgan fingerprint density at radius 3 is 1.40 bits per heavy atom. The van der Waals surface area contributed by atoms with Crippen LogP contribution in [0.4, 0.5) is 0 Å². The molecule has 0 spiro atoms. The van der Waals surface area contributed by atoms with Gasteiger partial charge in [0.2, 0.25) is 0 Å². The fourth-order valence-electron chi connectivity index (χ4n) is 0.227. The molecule has 0 amide bonds. The maximum atomic E-state index is 4.58. The van der Waals surface area contributed by atoms with Crippen LogP contribution in [0.2, 0.25) is 0 Å². The number of rotatable bonds is 0. The normalized spacial score (nSPS) is 6.40. The molecule has 0 aromatic carbocycles. The zero-order valence-corrected chi connectivity index (χ0v) is 7.42. The van der Waals surface area contributed by atoms with Crippen molar-refractivity contribution >= 4 is 0 Å². The van der Waals surface area contributed by atoms with E-state index in [0.717, 1.165) is 0 Å². The summed E-state index contributed by atoms with van der Waals surface area (Å²) in [5, 5.41) is 0. The van der Waals surface area contributed by atoms with Gasteiger partial charge in [-0.1, -0.05) is 34.1 Å². The Balaban J connectivity index is 0. The van der Waals surface area contributed by atoms with E-state index in [1.54, 1.807) is 12.5 Å². The Labute approximate surface area is 64.1 Å². The van der Waals surface area contributed by atoms with Crippen molar-refractivity contribution in [1.29, 1.82) is 0 Å². The van der Waals surface area contributed by atoms with Crippen LogP contribution in [0, 0.1) is 0 Å². The molecular weight excluding hydrogens is 124 g/mol. The molecule has 0 radical (unpaired) electrons. The smallest absolute Gasteiger partial charge is 0.0902 e. The molecule has 1 aromatic heterocycles. The third kappa shape index (κ3) is 15.7. The van der Waals surface area contributed by atoms with Gasteiger partial charge in [-0.2, -0.15) is 0 Å². The van der Waals surface area contributed by atoms with E-state index in [-0.39, 0.29) is 0 Å². The summed E-state index contributed by atoms with van der Waals surface area (Å²) in [4.78, 5) is 0. The molecular formula is C9H18O. The zero-order valence-electron chi connectivity index (χ0n) is 7.42. The van der Waals surface area contributed by atoms with Crippen LogP contribution in [0.3, 0.4) is 0 Å². The van der Waals surface area contributed by atoms with Gasteiger partial charge in [-0.05, 0) is 12.1 Å². The molecule has 60 valence electrons. The van der Waals surface area contributed by atoms with Gasteiger partial charge in [-0.15, -0.1) is 0 Å². The fourth-order valence-corrected chi connectivity index (χ4v) is 0.227. The minimum atomic E-state index is 1.25. The summed E-state index contributed by atoms with van der Waals surface area (Å²) in [6, 6.07) is 3.67. The molecule has 1 rings (SSSR count). The zero-order chi connectivity index (χ0) is 8.24. The summed E-state index contributed by atoms with van der Waals surface area (Å²) >= 11 is 0. The van der Waals surface area contributed by atoms with E-state index < -0.39 is 0 Å². The predicted octanol–water partition coefficient (Wildman–Crippen LogP) is 3.72. The first-order chi connectivity index (χ1) is 4.91. The van der Waals surface area contributed by atoms with Crippen LogP contribution in [-0.2, 0) is 0 Å². The first kappa shape index (κ1) is 12.0. The quantitative estimate of drug-likeness (QED) is 0.538. The van der Waals surface area contributed by atoms with Crippen molar-refractivity contribution in [2.45, 2.75) is 34.1 Å². The summed E-state index contributed by atoms with van der Waals surface area (Å²) in [5.74, 6) is 0. The lowest BCUT2D eigenvalue weighted by Crippen LogP contribution is -1.27. The summed E-state index contributed by atoms with van der Waals surface area (Å²) in [7, 11) is 0. The highest BCUT2D eigenvalue weighted by atomic mass is 16.3. The van der Waals surface area contributed by atoms with Crippen molar-refractivity contribution in [3.05, 3.63) is 24.7 Å². The maximum absolute atomic E-state index is 4.58. The third-order valence-electron chi connectivity index (χ3n) is 0.425. The largest absolute Gasteiger partial charge is 0.473 e. The monoisotopic (exact) mass is 142 g/mol. The lowest BCUT2D eigenvalue weighted by atomic mass is 10.6. The van der Waals surface area contributed by atoms with Crippen LogP contribution < -0.4 is 0 Å². The molecule has 0 saturated heterocycles. The Morgan fingerprint density at radius 1 is 1.00 bits per heavy atom. The molecule has 1 aromatic rings. The first-order valence-electron chi connectivity index (χ1n) is 3.89. The second-order valence-corrected chi connectivity index (χ2v) is 1.50. The maximum Gasteiger partial charge on any atom is 0.0902 e. The molecule has 0 aliphatic carbocycles. The Kier molecular flexibility index (Phi) is 18.9. The van der Waals surface area contributed by atoms with E-state index in [1.807, 2.05) is 26.0 Å². The average Bonchev–Trinajstić information content (AvgIpc) is 2.48. The van der Waals surface area contributed by atoms with Gasteiger partial charge in [0.1, 0.15) is 0 Å². The van der Waals surface area contributed by atoms with Crippen LogP contribution in [0.1, 0.15) is 34.1 Å². The van der Waals surface area contributed by atoms with Crippen LogP contribution in [0.15, 0.2) is 29.1 Å². The average molecular weight is 142 g/mol. The van der Waals surface area contributed by atoms with E-state index in [9.17, 15) is 0 Å². The Hall–Kier alpha value is -0.720. The summed E-state index contributed by atoms with van der Waals surface area (Å²) in [6.45, 7) is 8.25. The lowest BCUT2D eigenvalue weighted by molar-refractivity contribution is 0.567. The fraction of sp³-hybridized carbons (Fsp3) is 0.556. The van der Waals surface area contributed by atoms with E-state index >= 15 is 0 Å². The predicted molar refractivity (Wildman–Crippen MR) is 46.0 cm³/mol. The lowest BCUT2D eigenvalue weighted by Gasteiger charge is -1.50. The minimum absolute atomic E-state index is 1.25. The van der Waals surface area contributed by atoms with Gasteiger partial charge in [0.15, 0.2) is 0 Å². The SMILES string of the molecule is CC.CCC.c1ccoc1. The van der Waals surface area contributed by atoms with Crippen LogP contribution in [0.25, 0.3) is 0 Å².